The molecule has 222 valence electrons. The van der Waals surface area contributed by atoms with Gasteiger partial charge in [0.1, 0.15) is 0 Å². The van der Waals surface area contributed by atoms with Crippen molar-refractivity contribution in [1.82, 2.24) is 10.4 Å². The second-order valence-corrected chi connectivity index (χ2v) is 11.8. The van der Waals surface area contributed by atoms with E-state index >= 15 is 0 Å². The van der Waals surface area contributed by atoms with Crippen molar-refractivity contribution in [1.29, 1.82) is 0 Å². The Morgan fingerprint density at radius 1 is 0.975 bits per heavy atom. The topological polar surface area (TPSA) is 156 Å². The summed E-state index contributed by atoms with van der Waals surface area (Å²) in [5.41, 5.74) is -0.748. The Kier molecular flexibility index (Phi) is 8.20. The molecule has 0 aromatic carbocycles. The lowest BCUT2D eigenvalue weighted by Crippen LogP contribution is -2.70. The van der Waals surface area contributed by atoms with Gasteiger partial charge in [-0.15, -0.1) is 5.06 Å². The summed E-state index contributed by atoms with van der Waals surface area (Å²) < 4.78 is 18.2. The molecule has 0 radical (unpaired) electrons. The summed E-state index contributed by atoms with van der Waals surface area (Å²) >= 11 is 0. The molecule has 5 saturated heterocycles. The highest BCUT2D eigenvalue weighted by Crippen LogP contribution is 2.60. The normalized spacial score (nSPS) is 38.4. The Bertz CT molecular complexity index is 1040. The standard InChI is InChI=1S/C27H38N2O11/c1-15-6-7-18-16(2)24(36-25-27(18)17(15)12-13-26(3,37-25)39-40-27)35-22(33)11-8-19(30)28-14-4-5-23(34)38-29-20(31)9-10-21(29)32/h15-18,24-25H,4-14H2,1-3H3,(H,28,30)/t15?,16?,17?,18?,24?,25-,26?,27?/m0/s1. The SMILES string of the molecule is CC1CCC2C(C)C(OC(=O)CCC(=O)NCCCC(=O)ON3C(=O)CCC3=O)O[C@H]3OC4(C)CCC1C23OO4. The molecular formula is C27H38N2O11. The maximum absolute atomic E-state index is 12.7. The summed E-state index contributed by atoms with van der Waals surface area (Å²) in [6.07, 6.45) is 1.89. The van der Waals surface area contributed by atoms with Gasteiger partial charge in [0.25, 0.3) is 11.8 Å². The zero-order chi connectivity index (χ0) is 28.7. The van der Waals surface area contributed by atoms with Crippen LogP contribution in [0.5, 0.6) is 0 Å². The first-order valence-corrected chi connectivity index (χ1v) is 14.3. The van der Waals surface area contributed by atoms with Gasteiger partial charge in [0.2, 0.25) is 18.0 Å². The molecule has 0 aromatic rings. The van der Waals surface area contributed by atoms with Crippen molar-refractivity contribution >= 4 is 29.7 Å². The number of imide groups is 1. The molecule has 2 bridgehead atoms. The van der Waals surface area contributed by atoms with Crippen molar-refractivity contribution < 1.29 is 52.8 Å². The summed E-state index contributed by atoms with van der Waals surface area (Å²) in [5, 5.41) is 3.12. The monoisotopic (exact) mass is 566 g/mol. The number of amides is 3. The largest absolute Gasteiger partial charge is 0.435 e. The van der Waals surface area contributed by atoms with Crippen LogP contribution in [0.1, 0.15) is 85.0 Å². The maximum Gasteiger partial charge on any atom is 0.333 e. The van der Waals surface area contributed by atoms with Crippen LogP contribution in [0.2, 0.25) is 0 Å². The first kappa shape index (κ1) is 28.9. The highest BCUT2D eigenvalue weighted by molar-refractivity contribution is 6.01. The van der Waals surface area contributed by atoms with Crippen LogP contribution >= 0.6 is 0 Å². The van der Waals surface area contributed by atoms with Crippen molar-refractivity contribution in [2.75, 3.05) is 6.54 Å². The molecular weight excluding hydrogens is 528 g/mol. The van der Waals surface area contributed by atoms with Gasteiger partial charge in [0, 0.05) is 50.5 Å². The van der Waals surface area contributed by atoms with Gasteiger partial charge in [-0.05, 0) is 44.4 Å². The van der Waals surface area contributed by atoms with Crippen LogP contribution in [0, 0.1) is 23.7 Å². The van der Waals surface area contributed by atoms with Gasteiger partial charge in [-0.3, -0.25) is 19.2 Å². The second kappa shape index (κ2) is 11.3. The van der Waals surface area contributed by atoms with Crippen molar-refractivity contribution in [2.24, 2.45) is 23.7 Å². The zero-order valence-corrected chi connectivity index (χ0v) is 23.2. The van der Waals surface area contributed by atoms with Gasteiger partial charge in [-0.25, -0.2) is 14.6 Å². The van der Waals surface area contributed by atoms with E-state index in [1.807, 2.05) is 13.8 Å². The Balaban J connectivity index is 1.06. The molecule has 0 aromatic heterocycles. The molecule has 1 saturated carbocycles. The van der Waals surface area contributed by atoms with Crippen molar-refractivity contribution in [3.8, 4) is 0 Å². The summed E-state index contributed by atoms with van der Waals surface area (Å²) in [6, 6.07) is 0. The van der Waals surface area contributed by atoms with Gasteiger partial charge < -0.3 is 24.4 Å². The second-order valence-electron chi connectivity index (χ2n) is 11.8. The van der Waals surface area contributed by atoms with Crippen LogP contribution in [0.25, 0.3) is 0 Å². The van der Waals surface area contributed by atoms with Crippen LogP contribution in [0.4, 0.5) is 0 Å². The molecule has 5 heterocycles. The minimum atomic E-state index is -0.926. The Morgan fingerprint density at radius 2 is 1.73 bits per heavy atom. The van der Waals surface area contributed by atoms with E-state index < -0.39 is 47.7 Å². The highest BCUT2D eigenvalue weighted by atomic mass is 17.3. The Labute approximate surface area is 232 Å². The van der Waals surface area contributed by atoms with E-state index in [4.69, 9.17) is 28.8 Å². The Hall–Kier alpha value is -2.61. The number of ether oxygens (including phenoxy) is 3. The van der Waals surface area contributed by atoms with E-state index in [0.29, 0.717) is 17.4 Å². The number of hydroxylamine groups is 2. The summed E-state index contributed by atoms with van der Waals surface area (Å²) in [6.45, 7) is 6.20. The number of carbonyl (C=O) groups excluding carboxylic acids is 5. The van der Waals surface area contributed by atoms with E-state index in [1.54, 1.807) is 0 Å². The molecule has 13 heteroatoms. The molecule has 8 atom stereocenters. The smallest absolute Gasteiger partial charge is 0.333 e. The first-order chi connectivity index (χ1) is 19.0. The predicted molar refractivity (Wildman–Crippen MR) is 132 cm³/mol. The minimum absolute atomic E-state index is 0.0181. The van der Waals surface area contributed by atoms with E-state index in [-0.39, 0.29) is 68.7 Å². The minimum Gasteiger partial charge on any atom is -0.435 e. The molecule has 1 spiro atoms. The lowest BCUT2D eigenvalue weighted by molar-refractivity contribution is -0.576. The Morgan fingerprint density at radius 3 is 2.48 bits per heavy atom. The molecule has 6 rings (SSSR count). The fraction of sp³-hybridized carbons (Fsp3) is 0.815. The van der Waals surface area contributed by atoms with E-state index in [1.165, 1.54) is 0 Å². The summed E-state index contributed by atoms with van der Waals surface area (Å²) in [7, 11) is 0. The fourth-order valence-corrected chi connectivity index (χ4v) is 6.76. The van der Waals surface area contributed by atoms with Gasteiger partial charge >= 0.3 is 11.9 Å². The van der Waals surface area contributed by atoms with Gasteiger partial charge in [-0.2, -0.15) is 0 Å². The third-order valence-corrected chi connectivity index (χ3v) is 8.98. The van der Waals surface area contributed by atoms with Crippen LogP contribution in [0.15, 0.2) is 0 Å². The molecule has 1 N–H and O–H groups in total. The molecule has 5 aliphatic heterocycles. The highest BCUT2D eigenvalue weighted by Gasteiger charge is 2.69. The van der Waals surface area contributed by atoms with Gasteiger partial charge in [-0.1, -0.05) is 13.8 Å². The maximum atomic E-state index is 12.7. The van der Waals surface area contributed by atoms with Gasteiger partial charge in [0.05, 0.1) is 6.42 Å². The van der Waals surface area contributed by atoms with Crippen molar-refractivity contribution in [3.63, 3.8) is 0 Å². The molecule has 6 fully saturated rings. The molecule has 3 amide bonds. The molecule has 40 heavy (non-hydrogen) atoms. The predicted octanol–water partition coefficient (Wildman–Crippen LogP) is 2.02. The number of nitrogens with zero attached hydrogens (tertiary/aromatic N) is 1. The molecule has 7 unspecified atom stereocenters. The number of fused-ring (bicyclic) bond motifs is 2. The zero-order valence-electron chi connectivity index (χ0n) is 23.2. The molecule has 6 aliphatic rings. The third-order valence-electron chi connectivity index (χ3n) is 8.98. The van der Waals surface area contributed by atoms with Crippen LogP contribution in [-0.2, 0) is 52.8 Å². The average Bonchev–Trinajstić information content (AvgIpc) is 3.07. The number of hydrogen-bond acceptors (Lipinski definition) is 11. The van der Waals surface area contributed by atoms with E-state index in [9.17, 15) is 24.0 Å². The van der Waals surface area contributed by atoms with Crippen LogP contribution < -0.4 is 5.32 Å². The van der Waals surface area contributed by atoms with E-state index in [0.717, 1.165) is 19.3 Å². The van der Waals surface area contributed by atoms with Crippen LogP contribution in [-0.4, -0.2) is 65.2 Å². The van der Waals surface area contributed by atoms with Crippen molar-refractivity contribution in [2.45, 2.75) is 109 Å². The first-order valence-electron chi connectivity index (χ1n) is 14.3. The molecule has 1 aliphatic carbocycles. The van der Waals surface area contributed by atoms with Crippen LogP contribution in [0.3, 0.4) is 0 Å². The van der Waals surface area contributed by atoms with E-state index in [2.05, 4.69) is 12.2 Å². The fourth-order valence-electron chi connectivity index (χ4n) is 6.76. The van der Waals surface area contributed by atoms with Crippen molar-refractivity contribution in [3.05, 3.63) is 0 Å². The van der Waals surface area contributed by atoms with Gasteiger partial charge in [0.15, 0.2) is 11.9 Å². The number of nitrogens with one attached hydrogen (secondary N) is 1. The number of rotatable bonds is 9. The lowest BCUT2D eigenvalue weighted by Gasteiger charge is -2.59. The number of esters is 1. The quantitative estimate of drug-likeness (QED) is 0.188. The molecule has 13 nitrogen and oxygen atoms in total. The summed E-state index contributed by atoms with van der Waals surface area (Å²) in [4.78, 5) is 76.4. The number of hydrogen-bond donors (Lipinski definition) is 1. The number of carbonyl (C=O) groups is 5. The lowest BCUT2D eigenvalue weighted by atomic mass is 9.58. The summed E-state index contributed by atoms with van der Waals surface area (Å²) in [5.74, 6) is -3.21. The third kappa shape index (κ3) is 5.48. The average molecular weight is 567 g/mol.